The van der Waals surface area contributed by atoms with Crippen LogP contribution in [0.5, 0.6) is 0 Å². The zero-order valence-corrected chi connectivity index (χ0v) is 11.6. The molecule has 0 aromatic carbocycles. The Hall–Kier alpha value is -2.37. The van der Waals surface area contributed by atoms with E-state index in [1.807, 2.05) is 6.07 Å². The van der Waals surface area contributed by atoms with Gasteiger partial charge in [0.1, 0.15) is 0 Å². The quantitative estimate of drug-likeness (QED) is 0.696. The summed E-state index contributed by atoms with van der Waals surface area (Å²) in [6, 6.07) is 3.70. The minimum Gasteiger partial charge on any atom is -0.425 e. The van der Waals surface area contributed by atoms with Crippen molar-refractivity contribution in [1.82, 2.24) is 19.3 Å². The van der Waals surface area contributed by atoms with Gasteiger partial charge in [0.2, 0.25) is 0 Å². The lowest BCUT2D eigenvalue weighted by Gasteiger charge is -2.18. The Bertz CT molecular complexity index is 874. The van der Waals surface area contributed by atoms with Crippen LogP contribution < -0.4 is 5.56 Å². The lowest BCUT2D eigenvalue weighted by Crippen LogP contribution is -2.17. The lowest BCUT2D eigenvalue weighted by atomic mass is 9.87. The van der Waals surface area contributed by atoms with E-state index in [-0.39, 0.29) is 0 Å². The van der Waals surface area contributed by atoms with Gasteiger partial charge in [-0.1, -0.05) is 19.3 Å². The van der Waals surface area contributed by atoms with Gasteiger partial charge in [-0.2, -0.15) is 9.83 Å². The fraction of sp³-hybridized carbons (Fsp3) is 0.400. The highest BCUT2D eigenvalue weighted by atomic mass is 16.5. The van der Waals surface area contributed by atoms with E-state index >= 15 is 0 Å². The number of nitrogens with zero attached hydrogens (tertiary/aromatic N) is 4. The van der Waals surface area contributed by atoms with Crippen LogP contribution in [0, 0.1) is 0 Å². The number of aromatic nitrogens is 4. The zero-order chi connectivity index (χ0) is 14.4. The second-order valence-corrected chi connectivity index (χ2v) is 5.70. The number of hydrogen-bond acceptors (Lipinski definition) is 4. The summed E-state index contributed by atoms with van der Waals surface area (Å²) in [5.74, 6) is 0.494. The molecule has 0 aliphatic heterocycles. The van der Waals surface area contributed by atoms with Crippen molar-refractivity contribution >= 4 is 16.6 Å². The molecular formula is C15H16N4O2. The van der Waals surface area contributed by atoms with Gasteiger partial charge in [-0.05, 0) is 18.9 Å². The largest absolute Gasteiger partial charge is 0.425 e. The molecule has 1 aliphatic rings. The third kappa shape index (κ3) is 1.90. The average molecular weight is 284 g/mol. The van der Waals surface area contributed by atoms with Gasteiger partial charge in [-0.25, -0.2) is 9.50 Å². The molecule has 3 heterocycles. The molecule has 0 amide bonds. The van der Waals surface area contributed by atoms with Crippen LogP contribution in [0.3, 0.4) is 0 Å². The van der Waals surface area contributed by atoms with Gasteiger partial charge in [0.05, 0.1) is 16.6 Å². The molecule has 1 saturated carbocycles. The van der Waals surface area contributed by atoms with E-state index in [1.165, 1.54) is 44.5 Å². The van der Waals surface area contributed by atoms with Crippen LogP contribution >= 0.6 is 0 Å². The molecule has 21 heavy (non-hydrogen) atoms. The SMILES string of the molecule is O=c1c2cnc3cc(C4CCCCC4)nn3c2ccn1O. The van der Waals surface area contributed by atoms with Crippen molar-refractivity contribution in [2.75, 3.05) is 0 Å². The van der Waals surface area contributed by atoms with E-state index in [0.29, 0.717) is 21.6 Å². The van der Waals surface area contributed by atoms with Crippen molar-refractivity contribution in [3.63, 3.8) is 0 Å². The highest BCUT2D eigenvalue weighted by molar-refractivity contribution is 5.79. The first-order valence-corrected chi connectivity index (χ1v) is 7.33. The average Bonchev–Trinajstić information content (AvgIpc) is 2.96. The molecule has 0 spiro atoms. The minimum atomic E-state index is -0.475. The fourth-order valence-electron chi connectivity index (χ4n) is 3.22. The first-order valence-electron chi connectivity index (χ1n) is 7.33. The molecule has 6 nitrogen and oxygen atoms in total. The molecule has 0 atom stereocenters. The Balaban J connectivity index is 1.92. The fourth-order valence-corrected chi connectivity index (χ4v) is 3.22. The van der Waals surface area contributed by atoms with E-state index < -0.39 is 5.56 Å². The predicted molar refractivity (Wildman–Crippen MR) is 77.8 cm³/mol. The van der Waals surface area contributed by atoms with E-state index in [2.05, 4.69) is 10.1 Å². The molecule has 0 radical (unpaired) electrons. The van der Waals surface area contributed by atoms with Crippen LogP contribution in [0.15, 0.2) is 29.3 Å². The lowest BCUT2D eigenvalue weighted by molar-refractivity contribution is 0.176. The summed E-state index contributed by atoms with van der Waals surface area (Å²) in [5, 5.41) is 14.5. The number of rotatable bonds is 1. The summed E-state index contributed by atoms with van der Waals surface area (Å²) < 4.78 is 2.28. The molecular weight excluding hydrogens is 268 g/mol. The molecule has 3 aromatic heterocycles. The van der Waals surface area contributed by atoms with Crippen molar-refractivity contribution in [3.8, 4) is 0 Å². The van der Waals surface area contributed by atoms with Crippen LogP contribution in [0.4, 0.5) is 0 Å². The minimum absolute atomic E-state index is 0.366. The summed E-state index contributed by atoms with van der Waals surface area (Å²) in [5.41, 5.74) is 2.01. The zero-order valence-electron chi connectivity index (χ0n) is 11.6. The Morgan fingerprint density at radius 3 is 2.86 bits per heavy atom. The first-order chi connectivity index (χ1) is 10.2. The Morgan fingerprint density at radius 1 is 1.24 bits per heavy atom. The van der Waals surface area contributed by atoms with E-state index in [1.54, 1.807) is 10.6 Å². The monoisotopic (exact) mass is 284 g/mol. The Morgan fingerprint density at radius 2 is 2.05 bits per heavy atom. The normalized spacial score (nSPS) is 16.8. The molecule has 4 rings (SSSR count). The third-order valence-electron chi connectivity index (χ3n) is 4.38. The first kappa shape index (κ1) is 12.4. The number of hydrogen-bond donors (Lipinski definition) is 1. The molecule has 3 aromatic rings. The van der Waals surface area contributed by atoms with Crippen molar-refractivity contribution in [2.45, 2.75) is 38.0 Å². The molecule has 1 N–H and O–H groups in total. The molecule has 108 valence electrons. The maximum absolute atomic E-state index is 11.9. The highest BCUT2D eigenvalue weighted by Gasteiger charge is 2.19. The van der Waals surface area contributed by atoms with Crippen LogP contribution in [0.2, 0.25) is 0 Å². The van der Waals surface area contributed by atoms with Gasteiger partial charge < -0.3 is 5.21 Å². The van der Waals surface area contributed by atoms with E-state index in [0.717, 1.165) is 11.3 Å². The van der Waals surface area contributed by atoms with Gasteiger partial charge >= 0.3 is 0 Å². The molecule has 6 heteroatoms. The predicted octanol–water partition coefficient (Wildman–Crippen LogP) is 2.33. The van der Waals surface area contributed by atoms with Crippen LogP contribution in [-0.2, 0) is 0 Å². The van der Waals surface area contributed by atoms with Crippen LogP contribution in [0.1, 0.15) is 43.7 Å². The number of fused-ring (bicyclic) bond motifs is 3. The summed E-state index contributed by atoms with van der Waals surface area (Å²) in [4.78, 5) is 16.2. The standard InChI is InChI=1S/C15H16N4O2/c20-15-11-9-16-14-8-12(10-4-2-1-3-5-10)17-19(14)13(11)6-7-18(15)21/h6-10,21H,1-5H2. The van der Waals surface area contributed by atoms with Crippen molar-refractivity contribution in [1.29, 1.82) is 0 Å². The van der Waals surface area contributed by atoms with E-state index in [4.69, 9.17) is 0 Å². The summed E-state index contributed by atoms with van der Waals surface area (Å²) in [6.45, 7) is 0. The molecule has 0 bridgehead atoms. The van der Waals surface area contributed by atoms with Crippen molar-refractivity contribution in [2.24, 2.45) is 0 Å². The maximum Gasteiger partial charge on any atom is 0.293 e. The van der Waals surface area contributed by atoms with Crippen molar-refractivity contribution < 1.29 is 5.21 Å². The Kier molecular flexibility index (Phi) is 2.70. The van der Waals surface area contributed by atoms with Gasteiger partial charge in [-0.3, -0.25) is 4.79 Å². The summed E-state index contributed by atoms with van der Waals surface area (Å²) in [7, 11) is 0. The van der Waals surface area contributed by atoms with Crippen molar-refractivity contribution in [3.05, 3.63) is 40.6 Å². The van der Waals surface area contributed by atoms with Crippen LogP contribution in [-0.4, -0.2) is 24.5 Å². The number of pyridine rings is 1. The van der Waals surface area contributed by atoms with Crippen LogP contribution in [0.25, 0.3) is 16.6 Å². The van der Waals surface area contributed by atoms with Gasteiger partial charge in [-0.15, -0.1) is 0 Å². The molecule has 0 unspecified atom stereocenters. The molecule has 0 saturated heterocycles. The van der Waals surface area contributed by atoms with Gasteiger partial charge in [0, 0.05) is 24.4 Å². The summed E-state index contributed by atoms with van der Waals surface area (Å²) in [6.07, 6.45) is 9.00. The smallest absolute Gasteiger partial charge is 0.293 e. The molecule has 1 aliphatic carbocycles. The Labute approximate surface area is 120 Å². The molecule has 1 fully saturated rings. The maximum atomic E-state index is 11.9. The van der Waals surface area contributed by atoms with E-state index in [9.17, 15) is 10.0 Å². The second-order valence-electron chi connectivity index (χ2n) is 5.70. The van der Waals surface area contributed by atoms with Gasteiger partial charge in [0.25, 0.3) is 5.56 Å². The topological polar surface area (TPSA) is 72.4 Å². The third-order valence-corrected chi connectivity index (χ3v) is 4.38. The second kappa shape index (κ2) is 4.58. The highest BCUT2D eigenvalue weighted by Crippen LogP contribution is 2.32. The van der Waals surface area contributed by atoms with Gasteiger partial charge in [0.15, 0.2) is 5.65 Å². The summed E-state index contributed by atoms with van der Waals surface area (Å²) >= 11 is 0.